The highest BCUT2D eigenvalue weighted by Gasteiger charge is 2.82. The molecule has 1 amide bonds. The second kappa shape index (κ2) is 9.59. The van der Waals surface area contributed by atoms with E-state index in [0.717, 1.165) is 42.9 Å². The molecular weight excluding hydrogens is 462 g/mol. The van der Waals surface area contributed by atoms with Gasteiger partial charge in [-0.05, 0) is 96.7 Å². The van der Waals surface area contributed by atoms with E-state index in [1.807, 2.05) is 0 Å². The standard InChI is InChI=1S/C32H51NO4/c1-21(2)7-6-8-22(3)25-9-10-26-29(25,4)16-17-32-20-31(26,32)15-11-23-19-24(12-14-30(23,32)5)37-28(36)33-18-13-27(34)35/h11,21-22,24-26H,6-10,12-20H2,1-5H3,(H,33,36)(H,34,35). The monoisotopic (exact) mass is 513 g/mol. The molecule has 37 heavy (non-hydrogen) atoms. The van der Waals surface area contributed by atoms with Crippen LogP contribution in [0.25, 0.3) is 0 Å². The number of fused-ring (bicyclic) bond motifs is 2. The maximum atomic E-state index is 12.2. The largest absolute Gasteiger partial charge is 0.481 e. The second-order valence-electron chi connectivity index (χ2n) is 14.6. The predicted molar refractivity (Wildman–Crippen MR) is 146 cm³/mol. The number of allylic oxidation sites excluding steroid dienone is 1. The van der Waals surface area contributed by atoms with E-state index in [-0.39, 0.29) is 24.5 Å². The number of amides is 1. The molecule has 208 valence electrons. The van der Waals surface area contributed by atoms with Crippen molar-refractivity contribution < 1.29 is 19.4 Å². The average molecular weight is 514 g/mol. The molecule has 0 bridgehead atoms. The summed E-state index contributed by atoms with van der Waals surface area (Å²) in [6.45, 7) is 12.6. The predicted octanol–water partition coefficient (Wildman–Crippen LogP) is 7.74. The van der Waals surface area contributed by atoms with Crippen molar-refractivity contribution in [3.63, 3.8) is 0 Å². The number of alkyl carbamates (subject to hydrolysis) is 1. The number of carbonyl (C=O) groups is 2. The van der Waals surface area contributed by atoms with Crippen molar-refractivity contribution >= 4 is 12.1 Å². The van der Waals surface area contributed by atoms with Crippen LogP contribution in [0, 0.1) is 45.3 Å². The van der Waals surface area contributed by atoms with E-state index in [1.165, 1.54) is 63.4 Å². The van der Waals surface area contributed by atoms with E-state index in [9.17, 15) is 9.59 Å². The molecule has 4 fully saturated rings. The van der Waals surface area contributed by atoms with Gasteiger partial charge in [-0.2, -0.15) is 0 Å². The smallest absolute Gasteiger partial charge is 0.407 e. The third-order valence-corrected chi connectivity index (χ3v) is 12.5. The minimum Gasteiger partial charge on any atom is -0.481 e. The SMILES string of the molecule is CC(C)CCCC(C)C1CCC2C1(C)CCC13CC21CC=C1CC(OC(=O)NCCC(=O)O)CCC13C. The number of hydrogen-bond donors (Lipinski definition) is 2. The second-order valence-corrected chi connectivity index (χ2v) is 14.6. The molecule has 8 atom stereocenters. The Kier molecular flexibility index (Phi) is 7.01. The number of ether oxygens (including phenoxy) is 1. The highest BCUT2D eigenvalue weighted by molar-refractivity contribution is 5.70. The Morgan fingerprint density at radius 2 is 1.89 bits per heavy atom. The van der Waals surface area contributed by atoms with Crippen molar-refractivity contribution in [2.24, 2.45) is 45.3 Å². The van der Waals surface area contributed by atoms with Gasteiger partial charge in [-0.1, -0.05) is 65.5 Å². The van der Waals surface area contributed by atoms with Gasteiger partial charge in [-0.3, -0.25) is 4.79 Å². The van der Waals surface area contributed by atoms with Crippen LogP contribution in [0.3, 0.4) is 0 Å². The number of carbonyl (C=O) groups excluding carboxylic acids is 1. The van der Waals surface area contributed by atoms with Gasteiger partial charge in [0.05, 0.1) is 6.42 Å². The van der Waals surface area contributed by atoms with E-state index >= 15 is 0 Å². The first-order valence-electron chi connectivity index (χ1n) is 15.3. The summed E-state index contributed by atoms with van der Waals surface area (Å²) in [6.07, 6.45) is 17.2. The Morgan fingerprint density at radius 1 is 1.11 bits per heavy atom. The highest BCUT2D eigenvalue weighted by atomic mass is 16.6. The first-order valence-corrected chi connectivity index (χ1v) is 15.3. The summed E-state index contributed by atoms with van der Waals surface area (Å²) in [7, 11) is 0. The van der Waals surface area contributed by atoms with Crippen LogP contribution in [-0.4, -0.2) is 29.8 Å². The fourth-order valence-corrected chi connectivity index (χ4v) is 10.6. The van der Waals surface area contributed by atoms with E-state index in [4.69, 9.17) is 9.84 Å². The first-order chi connectivity index (χ1) is 17.5. The van der Waals surface area contributed by atoms with Crippen molar-refractivity contribution in [2.75, 3.05) is 6.54 Å². The number of nitrogens with one attached hydrogen (secondary N) is 1. The topological polar surface area (TPSA) is 75.6 Å². The van der Waals surface area contributed by atoms with E-state index in [1.54, 1.807) is 0 Å². The zero-order valence-corrected chi connectivity index (χ0v) is 24.0. The zero-order chi connectivity index (χ0) is 26.6. The lowest BCUT2D eigenvalue weighted by Gasteiger charge is -2.58. The summed E-state index contributed by atoms with van der Waals surface area (Å²) in [4.78, 5) is 22.9. The maximum absolute atomic E-state index is 12.2. The van der Waals surface area contributed by atoms with Gasteiger partial charge < -0.3 is 15.2 Å². The molecule has 5 aliphatic carbocycles. The van der Waals surface area contributed by atoms with Gasteiger partial charge >= 0.3 is 12.1 Å². The zero-order valence-electron chi connectivity index (χ0n) is 24.0. The molecule has 0 aliphatic heterocycles. The van der Waals surface area contributed by atoms with Crippen LogP contribution in [-0.2, 0) is 9.53 Å². The molecule has 5 heteroatoms. The molecule has 0 heterocycles. The van der Waals surface area contributed by atoms with E-state index in [2.05, 4.69) is 46.0 Å². The van der Waals surface area contributed by atoms with Gasteiger partial charge in [0.1, 0.15) is 6.10 Å². The molecule has 5 nitrogen and oxygen atoms in total. The summed E-state index contributed by atoms with van der Waals surface area (Å²) in [5.41, 5.74) is 3.25. The number of carboxylic acid groups (broad SMARTS) is 1. The Bertz CT molecular complexity index is 943. The van der Waals surface area contributed by atoms with Crippen LogP contribution >= 0.6 is 0 Å². The molecule has 0 aromatic rings. The average Bonchev–Trinajstić information content (AvgIpc) is 3.40. The van der Waals surface area contributed by atoms with E-state index < -0.39 is 12.1 Å². The van der Waals surface area contributed by atoms with Gasteiger partial charge in [0.25, 0.3) is 0 Å². The Morgan fingerprint density at radius 3 is 2.62 bits per heavy atom. The molecule has 0 aromatic carbocycles. The van der Waals surface area contributed by atoms with Crippen LogP contribution in [0.5, 0.6) is 0 Å². The molecule has 5 aliphatic rings. The van der Waals surface area contributed by atoms with Crippen LogP contribution in [0.1, 0.15) is 118 Å². The maximum Gasteiger partial charge on any atom is 0.407 e. The molecule has 0 aromatic heterocycles. The number of rotatable bonds is 9. The van der Waals surface area contributed by atoms with Crippen LogP contribution in [0.2, 0.25) is 0 Å². The third-order valence-electron chi connectivity index (χ3n) is 12.5. The minimum atomic E-state index is -0.911. The van der Waals surface area contributed by atoms with Gasteiger partial charge in [0, 0.05) is 13.0 Å². The number of hydrogen-bond acceptors (Lipinski definition) is 3. The number of carboxylic acids is 1. The van der Waals surface area contributed by atoms with Gasteiger partial charge in [0.15, 0.2) is 0 Å². The quantitative estimate of drug-likeness (QED) is 0.309. The van der Waals surface area contributed by atoms with Crippen molar-refractivity contribution in [1.82, 2.24) is 5.32 Å². The fourth-order valence-electron chi connectivity index (χ4n) is 10.6. The van der Waals surface area contributed by atoms with Gasteiger partial charge in [0.2, 0.25) is 0 Å². The summed E-state index contributed by atoms with van der Waals surface area (Å²) in [5, 5.41) is 11.4. The third kappa shape index (κ3) is 4.25. The summed E-state index contributed by atoms with van der Waals surface area (Å²) >= 11 is 0. The molecule has 0 saturated heterocycles. The summed E-state index contributed by atoms with van der Waals surface area (Å²) < 4.78 is 5.74. The molecule has 0 spiro atoms. The molecule has 4 saturated carbocycles. The lowest BCUT2D eigenvalue weighted by Crippen LogP contribution is -2.51. The lowest BCUT2D eigenvalue weighted by atomic mass is 9.47. The molecule has 2 N–H and O–H groups in total. The van der Waals surface area contributed by atoms with Crippen LogP contribution in [0.4, 0.5) is 4.79 Å². The Labute approximate surface area is 224 Å². The lowest BCUT2D eigenvalue weighted by molar-refractivity contribution is -0.136. The molecule has 8 unspecified atom stereocenters. The van der Waals surface area contributed by atoms with Crippen LogP contribution < -0.4 is 5.32 Å². The minimum absolute atomic E-state index is 0.0781. The molecule has 5 rings (SSSR count). The number of aliphatic carboxylic acids is 1. The first kappa shape index (κ1) is 27.1. The molecular formula is C32H51NO4. The normalized spacial score (nSPS) is 42.5. The Balaban J connectivity index is 1.26. The highest BCUT2D eigenvalue weighted by Crippen LogP contribution is 2.89. The summed E-state index contributed by atoms with van der Waals surface area (Å²) in [5.74, 6) is 2.51. The fraction of sp³-hybridized carbons (Fsp3) is 0.875. The van der Waals surface area contributed by atoms with Crippen molar-refractivity contribution in [3.8, 4) is 0 Å². The van der Waals surface area contributed by atoms with Gasteiger partial charge in [-0.15, -0.1) is 0 Å². The van der Waals surface area contributed by atoms with Crippen molar-refractivity contribution in [2.45, 2.75) is 124 Å². The summed E-state index contributed by atoms with van der Waals surface area (Å²) in [6, 6.07) is 0. The Hall–Kier alpha value is -1.52. The van der Waals surface area contributed by atoms with Crippen molar-refractivity contribution in [1.29, 1.82) is 0 Å². The van der Waals surface area contributed by atoms with Crippen molar-refractivity contribution in [3.05, 3.63) is 11.6 Å². The van der Waals surface area contributed by atoms with Crippen LogP contribution in [0.15, 0.2) is 11.6 Å². The van der Waals surface area contributed by atoms with Gasteiger partial charge in [-0.25, -0.2) is 4.79 Å². The van der Waals surface area contributed by atoms with E-state index in [0.29, 0.717) is 16.2 Å². The molecule has 0 radical (unpaired) electrons.